The van der Waals surface area contributed by atoms with Crippen molar-refractivity contribution < 1.29 is 4.79 Å². The molecular weight excluding hydrogens is 422 g/mol. The molecule has 4 rings (SSSR count). The second kappa shape index (κ2) is 6.94. The summed E-state index contributed by atoms with van der Waals surface area (Å²) in [5, 5.41) is 1.66. The lowest BCUT2D eigenvalue weighted by Crippen LogP contribution is -2.48. The van der Waals surface area contributed by atoms with E-state index in [0.717, 1.165) is 38.5 Å². The highest BCUT2D eigenvalue weighted by atomic mass is 79.9. The fourth-order valence-electron chi connectivity index (χ4n) is 2.91. The summed E-state index contributed by atoms with van der Waals surface area (Å²) in [7, 11) is 0. The molecule has 0 saturated carbocycles. The molecule has 7 heteroatoms. The van der Waals surface area contributed by atoms with Crippen LogP contribution in [0.15, 0.2) is 46.9 Å². The van der Waals surface area contributed by atoms with Crippen molar-refractivity contribution >= 4 is 60.1 Å². The number of anilines is 1. The third-order valence-electron chi connectivity index (χ3n) is 4.29. The van der Waals surface area contributed by atoms with Gasteiger partial charge in [-0.1, -0.05) is 44.9 Å². The molecule has 1 aliphatic rings. The molecule has 1 aliphatic heterocycles. The SMILES string of the molecule is O=C(c1ccc(Br)cc1)N1CCN(c2nc3c(Cl)cccc3s2)CC1. The molecule has 1 aromatic heterocycles. The molecular formula is C18H15BrClN3OS. The molecule has 0 atom stereocenters. The van der Waals surface area contributed by atoms with Gasteiger partial charge in [-0.25, -0.2) is 4.98 Å². The number of nitrogens with zero attached hydrogens (tertiary/aromatic N) is 3. The molecule has 0 bridgehead atoms. The van der Waals surface area contributed by atoms with E-state index in [-0.39, 0.29) is 5.91 Å². The Morgan fingerprint density at radius 1 is 1.08 bits per heavy atom. The number of fused-ring (bicyclic) bond motifs is 1. The fourth-order valence-corrected chi connectivity index (χ4v) is 4.50. The summed E-state index contributed by atoms with van der Waals surface area (Å²) >= 11 is 11.3. The average molecular weight is 437 g/mol. The number of amides is 1. The molecule has 0 spiro atoms. The molecule has 0 unspecified atom stereocenters. The number of aromatic nitrogens is 1. The minimum atomic E-state index is 0.0829. The molecule has 2 heterocycles. The van der Waals surface area contributed by atoms with E-state index in [1.54, 1.807) is 11.3 Å². The summed E-state index contributed by atoms with van der Waals surface area (Å²) in [6, 6.07) is 13.4. The highest BCUT2D eigenvalue weighted by Gasteiger charge is 2.24. The number of hydrogen-bond donors (Lipinski definition) is 0. The van der Waals surface area contributed by atoms with Crippen LogP contribution < -0.4 is 4.90 Å². The standard InChI is InChI=1S/C18H15BrClN3OS/c19-13-6-4-12(5-7-13)17(24)22-8-10-23(11-9-22)18-21-16-14(20)2-1-3-15(16)25-18/h1-7H,8-11H2. The number of carbonyl (C=O) groups is 1. The number of benzene rings is 2. The van der Waals surface area contributed by atoms with Gasteiger partial charge >= 0.3 is 0 Å². The molecule has 0 N–H and O–H groups in total. The zero-order valence-corrected chi connectivity index (χ0v) is 16.4. The Labute approximate surface area is 163 Å². The third-order valence-corrected chi connectivity index (χ3v) is 6.20. The molecule has 25 heavy (non-hydrogen) atoms. The van der Waals surface area contributed by atoms with Crippen LogP contribution in [0.3, 0.4) is 0 Å². The van der Waals surface area contributed by atoms with Crippen LogP contribution in [0.5, 0.6) is 0 Å². The first kappa shape index (κ1) is 16.8. The van der Waals surface area contributed by atoms with Gasteiger partial charge < -0.3 is 9.80 Å². The van der Waals surface area contributed by atoms with Gasteiger partial charge in [-0.3, -0.25) is 4.79 Å². The Morgan fingerprint density at radius 3 is 2.48 bits per heavy atom. The predicted molar refractivity (Wildman–Crippen MR) is 107 cm³/mol. The summed E-state index contributed by atoms with van der Waals surface area (Å²) in [5.41, 5.74) is 1.58. The Morgan fingerprint density at radius 2 is 1.80 bits per heavy atom. The number of carbonyl (C=O) groups excluding carboxylic acids is 1. The van der Waals surface area contributed by atoms with Gasteiger partial charge in [-0.05, 0) is 36.4 Å². The molecule has 1 saturated heterocycles. The monoisotopic (exact) mass is 435 g/mol. The molecule has 0 radical (unpaired) electrons. The Hall–Kier alpha value is -1.63. The molecule has 2 aromatic carbocycles. The van der Waals surface area contributed by atoms with E-state index in [1.165, 1.54) is 0 Å². The first-order valence-corrected chi connectivity index (χ1v) is 9.95. The maximum atomic E-state index is 12.6. The van der Waals surface area contributed by atoms with Gasteiger partial charge in [0.1, 0.15) is 5.52 Å². The number of para-hydroxylation sites is 1. The van der Waals surface area contributed by atoms with E-state index in [9.17, 15) is 4.79 Å². The highest BCUT2D eigenvalue weighted by Crippen LogP contribution is 2.33. The smallest absolute Gasteiger partial charge is 0.253 e. The van der Waals surface area contributed by atoms with Gasteiger partial charge in [0.25, 0.3) is 5.91 Å². The number of hydrogen-bond acceptors (Lipinski definition) is 4. The average Bonchev–Trinajstić information content (AvgIpc) is 3.08. The van der Waals surface area contributed by atoms with E-state index in [4.69, 9.17) is 11.6 Å². The maximum Gasteiger partial charge on any atom is 0.253 e. The molecule has 1 amide bonds. The maximum absolute atomic E-state index is 12.6. The number of thiazole rings is 1. The van der Waals surface area contributed by atoms with Crippen LogP contribution in [-0.2, 0) is 0 Å². The van der Waals surface area contributed by atoms with Crippen LogP contribution in [0.25, 0.3) is 10.2 Å². The lowest BCUT2D eigenvalue weighted by Gasteiger charge is -2.34. The zero-order chi connectivity index (χ0) is 17.4. The van der Waals surface area contributed by atoms with Gasteiger partial charge in [0.2, 0.25) is 0 Å². The van der Waals surface area contributed by atoms with Gasteiger partial charge in [-0.2, -0.15) is 0 Å². The van der Waals surface area contributed by atoms with Crippen LogP contribution in [0.4, 0.5) is 5.13 Å². The van der Waals surface area contributed by atoms with Crippen molar-refractivity contribution in [2.45, 2.75) is 0 Å². The highest BCUT2D eigenvalue weighted by molar-refractivity contribution is 9.10. The summed E-state index contributed by atoms with van der Waals surface area (Å²) in [5.74, 6) is 0.0829. The van der Waals surface area contributed by atoms with Crippen molar-refractivity contribution in [3.05, 3.63) is 57.5 Å². The van der Waals surface area contributed by atoms with Crippen LogP contribution in [0.2, 0.25) is 5.02 Å². The van der Waals surface area contributed by atoms with Crippen molar-refractivity contribution in [2.24, 2.45) is 0 Å². The van der Waals surface area contributed by atoms with E-state index in [1.807, 2.05) is 47.4 Å². The van der Waals surface area contributed by atoms with Crippen LogP contribution in [0.1, 0.15) is 10.4 Å². The second-order valence-electron chi connectivity index (χ2n) is 5.87. The fraction of sp³-hybridized carbons (Fsp3) is 0.222. The topological polar surface area (TPSA) is 36.4 Å². The Balaban J connectivity index is 1.46. The second-order valence-corrected chi connectivity index (χ2v) is 8.20. The summed E-state index contributed by atoms with van der Waals surface area (Å²) in [4.78, 5) is 21.4. The molecule has 128 valence electrons. The molecule has 3 aromatic rings. The quantitative estimate of drug-likeness (QED) is 0.585. The first-order valence-electron chi connectivity index (χ1n) is 7.97. The summed E-state index contributed by atoms with van der Waals surface area (Å²) < 4.78 is 2.07. The Bertz CT molecular complexity index is 920. The number of rotatable bonds is 2. The van der Waals surface area contributed by atoms with Crippen molar-refractivity contribution in [1.29, 1.82) is 0 Å². The van der Waals surface area contributed by atoms with Gasteiger partial charge in [0, 0.05) is 36.2 Å². The van der Waals surface area contributed by atoms with Crippen LogP contribution >= 0.6 is 38.9 Å². The first-order chi connectivity index (χ1) is 12.1. The van der Waals surface area contributed by atoms with Crippen molar-refractivity contribution in [1.82, 2.24) is 9.88 Å². The van der Waals surface area contributed by atoms with Crippen LogP contribution in [0, 0.1) is 0 Å². The van der Waals surface area contributed by atoms with E-state index < -0.39 is 0 Å². The summed E-state index contributed by atoms with van der Waals surface area (Å²) in [6.45, 7) is 2.94. The number of piperazine rings is 1. The molecule has 4 nitrogen and oxygen atoms in total. The van der Waals surface area contributed by atoms with Gasteiger partial charge in [0.15, 0.2) is 5.13 Å². The third kappa shape index (κ3) is 3.38. The number of halogens is 2. The van der Waals surface area contributed by atoms with Gasteiger partial charge in [0.05, 0.1) is 9.72 Å². The predicted octanol–water partition coefficient (Wildman–Crippen LogP) is 4.67. The lowest BCUT2D eigenvalue weighted by atomic mass is 10.2. The van der Waals surface area contributed by atoms with Crippen molar-refractivity contribution in [3.8, 4) is 0 Å². The minimum Gasteiger partial charge on any atom is -0.345 e. The minimum absolute atomic E-state index is 0.0829. The zero-order valence-electron chi connectivity index (χ0n) is 13.3. The van der Waals surface area contributed by atoms with E-state index in [2.05, 4.69) is 25.8 Å². The normalized spacial score (nSPS) is 15.0. The lowest BCUT2D eigenvalue weighted by molar-refractivity contribution is 0.0747. The van der Waals surface area contributed by atoms with Crippen molar-refractivity contribution in [2.75, 3.05) is 31.1 Å². The van der Waals surface area contributed by atoms with E-state index >= 15 is 0 Å². The van der Waals surface area contributed by atoms with E-state index in [0.29, 0.717) is 18.1 Å². The Kier molecular flexibility index (Phi) is 4.67. The van der Waals surface area contributed by atoms with Crippen LogP contribution in [-0.4, -0.2) is 42.0 Å². The summed E-state index contributed by atoms with van der Waals surface area (Å²) in [6.07, 6.45) is 0. The molecule has 1 fully saturated rings. The largest absolute Gasteiger partial charge is 0.345 e. The van der Waals surface area contributed by atoms with Crippen molar-refractivity contribution in [3.63, 3.8) is 0 Å². The van der Waals surface area contributed by atoms with Gasteiger partial charge in [-0.15, -0.1) is 0 Å². The molecule has 0 aliphatic carbocycles.